The lowest BCUT2D eigenvalue weighted by molar-refractivity contribution is 0.399. The topological polar surface area (TPSA) is 71.2 Å². The Morgan fingerprint density at radius 2 is 1.95 bits per heavy atom. The molecule has 1 saturated heterocycles. The Hall–Kier alpha value is -1.66. The summed E-state index contributed by atoms with van der Waals surface area (Å²) in [6.07, 6.45) is 5.11. The number of anilines is 1. The zero-order valence-corrected chi connectivity index (χ0v) is 13.7. The highest BCUT2D eigenvalue weighted by atomic mass is 35.5. The first-order chi connectivity index (χ1) is 10.7. The number of hydrogen-bond donors (Lipinski definition) is 1. The van der Waals surface area contributed by atoms with Crippen LogP contribution in [0.15, 0.2) is 17.2 Å². The predicted molar refractivity (Wildman–Crippen MR) is 88.7 cm³/mol. The summed E-state index contributed by atoms with van der Waals surface area (Å²) in [6, 6.07) is 1.62. The molecule has 0 amide bonds. The van der Waals surface area contributed by atoms with E-state index in [1.807, 2.05) is 6.92 Å². The minimum Gasteiger partial charge on any atom is -0.400 e. The van der Waals surface area contributed by atoms with Crippen molar-refractivity contribution in [3.63, 3.8) is 0 Å². The standard InChI is InChI=1S/C14H17ClN4O.CH4O/c1-2-18-9-16-12-10(14(18)20)8-11(15)17-13(12)19-6-4-3-5-7-19;1-2/h8-9H,2-7H2,1H3;2H,1H3. The minimum atomic E-state index is -0.0555. The average Bonchev–Trinajstić information content (AvgIpc) is 2.58. The van der Waals surface area contributed by atoms with Crippen LogP contribution in [-0.2, 0) is 6.54 Å². The number of aromatic nitrogens is 3. The predicted octanol–water partition coefficient (Wildman–Crippen LogP) is 2.06. The molecule has 0 atom stereocenters. The third kappa shape index (κ3) is 3.23. The molecule has 0 spiro atoms. The maximum Gasteiger partial charge on any atom is 0.261 e. The first kappa shape index (κ1) is 16.7. The third-order valence-corrected chi connectivity index (χ3v) is 3.95. The van der Waals surface area contributed by atoms with Crippen molar-refractivity contribution in [2.45, 2.75) is 32.7 Å². The summed E-state index contributed by atoms with van der Waals surface area (Å²) in [5.74, 6) is 0.743. The second-order valence-electron chi connectivity index (χ2n) is 5.05. The molecule has 0 saturated carbocycles. The summed E-state index contributed by atoms with van der Waals surface area (Å²) in [5, 5.41) is 7.90. The number of piperidine rings is 1. The summed E-state index contributed by atoms with van der Waals surface area (Å²) in [5.41, 5.74) is 0.603. The second kappa shape index (κ2) is 7.56. The summed E-state index contributed by atoms with van der Waals surface area (Å²) in [7, 11) is 1.00. The van der Waals surface area contributed by atoms with E-state index in [2.05, 4.69) is 14.9 Å². The van der Waals surface area contributed by atoms with E-state index in [-0.39, 0.29) is 5.56 Å². The summed E-state index contributed by atoms with van der Waals surface area (Å²) in [4.78, 5) is 23.4. The van der Waals surface area contributed by atoms with Gasteiger partial charge in [-0.15, -0.1) is 0 Å². The highest BCUT2D eigenvalue weighted by molar-refractivity contribution is 6.30. The third-order valence-electron chi connectivity index (χ3n) is 3.76. The van der Waals surface area contributed by atoms with E-state index < -0.39 is 0 Å². The number of halogens is 1. The van der Waals surface area contributed by atoms with Gasteiger partial charge in [-0.3, -0.25) is 9.36 Å². The van der Waals surface area contributed by atoms with Gasteiger partial charge in [-0.05, 0) is 32.3 Å². The molecule has 0 aromatic carbocycles. The van der Waals surface area contributed by atoms with Gasteiger partial charge in [-0.2, -0.15) is 0 Å². The van der Waals surface area contributed by atoms with E-state index in [1.54, 1.807) is 17.0 Å². The largest absolute Gasteiger partial charge is 0.400 e. The van der Waals surface area contributed by atoms with Gasteiger partial charge in [0.2, 0.25) is 0 Å². The highest BCUT2D eigenvalue weighted by Crippen LogP contribution is 2.26. The minimum absolute atomic E-state index is 0.0555. The number of pyridine rings is 1. The van der Waals surface area contributed by atoms with Crippen molar-refractivity contribution in [2.24, 2.45) is 0 Å². The molecule has 1 fully saturated rings. The maximum atomic E-state index is 12.4. The number of rotatable bonds is 2. The van der Waals surface area contributed by atoms with Crippen molar-refractivity contribution >= 4 is 28.3 Å². The van der Waals surface area contributed by atoms with E-state index in [4.69, 9.17) is 16.7 Å². The molecular weight excluding hydrogens is 304 g/mol. The van der Waals surface area contributed by atoms with Crippen molar-refractivity contribution < 1.29 is 5.11 Å². The Balaban J connectivity index is 0.000000847. The van der Waals surface area contributed by atoms with Gasteiger partial charge in [0.25, 0.3) is 5.56 Å². The maximum absolute atomic E-state index is 12.4. The number of hydrogen-bond acceptors (Lipinski definition) is 5. The van der Waals surface area contributed by atoms with Crippen LogP contribution in [0.3, 0.4) is 0 Å². The lowest BCUT2D eigenvalue weighted by Crippen LogP contribution is -2.31. The van der Waals surface area contributed by atoms with Gasteiger partial charge in [-0.25, -0.2) is 9.97 Å². The molecule has 2 aromatic rings. The van der Waals surface area contributed by atoms with E-state index in [0.717, 1.165) is 38.9 Å². The van der Waals surface area contributed by atoms with Gasteiger partial charge in [0, 0.05) is 26.7 Å². The van der Waals surface area contributed by atoms with E-state index in [0.29, 0.717) is 22.6 Å². The van der Waals surface area contributed by atoms with Crippen LogP contribution in [0.4, 0.5) is 5.82 Å². The van der Waals surface area contributed by atoms with Gasteiger partial charge < -0.3 is 10.0 Å². The van der Waals surface area contributed by atoms with E-state index in [1.165, 1.54) is 6.42 Å². The van der Waals surface area contributed by atoms with E-state index in [9.17, 15) is 4.79 Å². The molecule has 2 aromatic heterocycles. The first-order valence-corrected chi connectivity index (χ1v) is 7.84. The van der Waals surface area contributed by atoms with E-state index >= 15 is 0 Å². The number of aliphatic hydroxyl groups excluding tert-OH is 1. The molecule has 6 nitrogen and oxygen atoms in total. The van der Waals surface area contributed by atoms with Crippen molar-refractivity contribution in [3.05, 3.63) is 27.9 Å². The highest BCUT2D eigenvalue weighted by Gasteiger charge is 2.18. The molecule has 0 bridgehead atoms. The van der Waals surface area contributed by atoms with Crippen molar-refractivity contribution in [3.8, 4) is 0 Å². The van der Waals surface area contributed by atoms with Gasteiger partial charge >= 0.3 is 0 Å². The smallest absolute Gasteiger partial charge is 0.261 e. The fourth-order valence-electron chi connectivity index (χ4n) is 2.67. The molecule has 1 N–H and O–H groups in total. The van der Waals surface area contributed by atoms with Crippen LogP contribution in [0.2, 0.25) is 5.15 Å². The Morgan fingerprint density at radius 3 is 2.59 bits per heavy atom. The van der Waals surface area contributed by atoms with Gasteiger partial charge in [-0.1, -0.05) is 11.6 Å². The lowest BCUT2D eigenvalue weighted by Gasteiger charge is -2.28. The molecule has 22 heavy (non-hydrogen) atoms. The van der Waals surface area contributed by atoms with Crippen molar-refractivity contribution in [2.75, 3.05) is 25.1 Å². The van der Waals surface area contributed by atoms with Crippen LogP contribution < -0.4 is 10.5 Å². The molecule has 3 heterocycles. The second-order valence-corrected chi connectivity index (χ2v) is 5.44. The van der Waals surface area contributed by atoms with Crippen molar-refractivity contribution in [1.82, 2.24) is 14.5 Å². The summed E-state index contributed by atoms with van der Waals surface area (Å²) < 4.78 is 1.58. The molecule has 0 radical (unpaired) electrons. The first-order valence-electron chi connectivity index (χ1n) is 7.46. The Labute approximate surface area is 134 Å². The fraction of sp³-hybridized carbons (Fsp3) is 0.533. The molecule has 0 aliphatic carbocycles. The number of aryl methyl sites for hydroxylation is 1. The van der Waals surface area contributed by atoms with Crippen LogP contribution in [0.5, 0.6) is 0 Å². The SMILES string of the molecule is CCn1cnc2c(N3CCCCC3)nc(Cl)cc2c1=O.CO. The average molecular weight is 325 g/mol. The molecular formula is C15H21ClN4O2. The molecule has 0 unspecified atom stereocenters. The quantitative estimate of drug-likeness (QED) is 0.856. The Morgan fingerprint density at radius 1 is 1.27 bits per heavy atom. The van der Waals surface area contributed by atoms with Crippen LogP contribution in [0.1, 0.15) is 26.2 Å². The molecule has 1 aliphatic rings. The Kier molecular flexibility index (Phi) is 5.74. The lowest BCUT2D eigenvalue weighted by atomic mass is 10.1. The molecule has 3 rings (SSSR count). The van der Waals surface area contributed by atoms with Crippen LogP contribution >= 0.6 is 11.6 Å². The molecule has 120 valence electrons. The van der Waals surface area contributed by atoms with Crippen LogP contribution in [-0.4, -0.2) is 39.8 Å². The normalized spacial score (nSPS) is 14.6. The summed E-state index contributed by atoms with van der Waals surface area (Å²) in [6.45, 7) is 4.41. The fourth-order valence-corrected chi connectivity index (χ4v) is 2.86. The van der Waals surface area contributed by atoms with Gasteiger partial charge in [0.15, 0.2) is 5.82 Å². The van der Waals surface area contributed by atoms with Gasteiger partial charge in [0.1, 0.15) is 10.7 Å². The van der Waals surface area contributed by atoms with Gasteiger partial charge in [0.05, 0.1) is 11.7 Å². The van der Waals surface area contributed by atoms with Crippen LogP contribution in [0, 0.1) is 0 Å². The van der Waals surface area contributed by atoms with Crippen LogP contribution in [0.25, 0.3) is 10.9 Å². The monoisotopic (exact) mass is 324 g/mol. The summed E-state index contributed by atoms with van der Waals surface area (Å²) >= 11 is 6.10. The number of aliphatic hydroxyl groups is 1. The molecule has 1 aliphatic heterocycles. The molecule has 7 heteroatoms. The zero-order valence-electron chi connectivity index (χ0n) is 12.9. The zero-order chi connectivity index (χ0) is 16.1. The number of fused-ring (bicyclic) bond motifs is 1. The number of nitrogens with zero attached hydrogens (tertiary/aromatic N) is 4. The Bertz CT molecular complexity index is 696. The van der Waals surface area contributed by atoms with Crippen molar-refractivity contribution in [1.29, 1.82) is 0 Å².